The minimum atomic E-state index is -0.224. The fourth-order valence-corrected chi connectivity index (χ4v) is 2.04. The second kappa shape index (κ2) is 3.94. The number of H-pyrrole nitrogens is 1. The molecule has 0 spiro atoms. The maximum absolute atomic E-state index is 13.9. The second-order valence-corrected chi connectivity index (χ2v) is 4.61. The quantitative estimate of drug-likeness (QED) is 0.763. The first kappa shape index (κ1) is 11.2. The van der Waals surface area contributed by atoms with E-state index < -0.39 is 0 Å². The third-order valence-corrected chi connectivity index (χ3v) is 2.97. The number of pyridine rings is 2. The molecule has 0 aromatic carbocycles. The molecular weight excluding hydrogens is 223 g/mol. The van der Waals surface area contributed by atoms with E-state index in [2.05, 4.69) is 9.97 Å². The van der Waals surface area contributed by atoms with Crippen molar-refractivity contribution in [3.8, 4) is 11.4 Å². The molecule has 0 aromatic rings. The Bertz CT molecular complexity index is 560. The van der Waals surface area contributed by atoms with Gasteiger partial charge in [0.15, 0.2) is 0 Å². The number of aromatic nitrogens is 2. The fraction of sp³-hybridized carbons (Fsp3) is 0.333. The lowest BCUT2D eigenvalue weighted by Crippen LogP contribution is -2.01. The average molecular weight is 236 g/mol. The van der Waals surface area contributed by atoms with Crippen molar-refractivity contribution in [1.29, 1.82) is 0 Å². The molecule has 2 aliphatic rings. The van der Waals surface area contributed by atoms with E-state index in [1.807, 2.05) is 13.8 Å². The summed E-state index contributed by atoms with van der Waals surface area (Å²) in [5.41, 5.74) is 2.01. The predicted octanol–water partition coefficient (Wildman–Crippen LogP) is 3.81. The minimum absolute atomic E-state index is 0.224. The van der Waals surface area contributed by atoms with E-state index >= 15 is 0 Å². The summed E-state index contributed by atoms with van der Waals surface area (Å²) in [5.74, 6) is 0.542. The summed E-state index contributed by atoms with van der Waals surface area (Å²) in [5, 5.41) is 0. The van der Waals surface area contributed by atoms with Gasteiger partial charge in [0.25, 0.3) is 0 Å². The molecule has 2 rings (SSSR count). The molecule has 0 aromatic heterocycles. The third-order valence-electron chi connectivity index (χ3n) is 2.65. The Kier molecular flexibility index (Phi) is 2.76. The molecule has 0 fully saturated rings. The third kappa shape index (κ3) is 1.73. The molecule has 0 radical (unpaired) electrons. The van der Waals surface area contributed by atoms with Gasteiger partial charge in [0, 0.05) is 11.8 Å². The molecule has 0 unspecified atom stereocenters. The number of hydrogen-bond donors (Lipinski definition) is 1. The molecule has 0 amide bonds. The molecule has 84 valence electrons. The monoisotopic (exact) mass is 236 g/mol. The highest BCUT2D eigenvalue weighted by Crippen LogP contribution is 2.27. The summed E-state index contributed by atoms with van der Waals surface area (Å²) in [6.45, 7) is 5.77. The van der Waals surface area contributed by atoms with Crippen LogP contribution in [-0.4, -0.2) is 9.97 Å². The van der Waals surface area contributed by atoms with E-state index in [9.17, 15) is 4.39 Å². The van der Waals surface area contributed by atoms with E-state index in [1.54, 1.807) is 19.2 Å². The Morgan fingerprint density at radius 1 is 1.44 bits per heavy atom. The van der Waals surface area contributed by atoms with Crippen molar-refractivity contribution >= 4 is 12.2 Å². The van der Waals surface area contributed by atoms with Crippen molar-refractivity contribution in [3.05, 3.63) is 33.8 Å². The number of fused-ring (bicyclic) bond motifs is 1. The standard InChI is InChI=1S/C12H13FN2S/c1-6(2)8-4-9-10(13)7(3)5-14-11(9)15-12(8)16/h4-6H,1-3H3,(H,14,15,16). The summed E-state index contributed by atoms with van der Waals surface area (Å²) >= 11 is 5.18. The highest BCUT2D eigenvalue weighted by Gasteiger charge is 2.15. The van der Waals surface area contributed by atoms with Crippen molar-refractivity contribution in [2.24, 2.45) is 0 Å². The molecule has 0 saturated heterocycles. The van der Waals surface area contributed by atoms with Crippen molar-refractivity contribution < 1.29 is 4.39 Å². The van der Waals surface area contributed by atoms with Crippen LogP contribution in [0.2, 0.25) is 0 Å². The van der Waals surface area contributed by atoms with Crippen molar-refractivity contribution in [3.63, 3.8) is 0 Å². The Balaban J connectivity index is 2.82. The van der Waals surface area contributed by atoms with Gasteiger partial charge in [-0.2, -0.15) is 0 Å². The second-order valence-electron chi connectivity index (χ2n) is 4.22. The Morgan fingerprint density at radius 2 is 2.12 bits per heavy atom. The first-order valence-corrected chi connectivity index (χ1v) is 5.60. The summed E-state index contributed by atoms with van der Waals surface area (Å²) in [4.78, 5) is 7.17. The fourth-order valence-electron chi connectivity index (χ4n) is 1.66. The molecule has 0 atom stereocenters. The predicted molar refractivity (Wildman–Crippen MR) is 64.8 cm³/mol. The van der Waals surface area contributed by atoms with Crippen molar-refractivity contribution in [1.82, 2.24) is 9.97 Å². The van der Waals surface area contributed by atoms with Gasteiger partial charge in [0.1, 0.15) is 16.3 Å². The zero-order valence-corrected chi connectivity index (χ0v) is 10.3. The van der Waals surface area contributed by atoms with Gasteiger partial charge in [-0.25, -0.2) is 9.37 Å². The largest absolute Gasteiger partial charge is 0.346 e. The van der Waals surface area contributed by atoms with Crippen LogP contribution in [-0.2, 0) is 0 Å². The van der Waals surface area contributed by atoms with Gasteiger partial charge >= 0.3 is 0 Å². The van der Waals surface area contributed by atoms with E-state index in [0.29, 0.717) is 21.6 Å². The molecule has 0 aliphatic carbocycles. The number of hydrogen-bond acceptors (Lipinski definition) is 2. The van der Waals surface area contributed by atoms with Crippen LogP contribution < -0.4 is 0 Å². The van der Waals surface area contributed by atoms with E-state index in [0.717, 1.165) is 5.56 Å². The Hall–Kier alpha value is -1.29. The van der Waals surface area contributed by atoms with Gasteiger partial charge in [-0.1, -0.05) is 26.1 Å². The van der Waals surface area contributed by atoms with Gasteiger partial charge < -0.3 is 4.98 Å². The van der Waals surface area contributed by atoms with E-state index in [1.165, 1.54) is 0 Å². The molecule has 0 saturated carbocycles. The van der Waals surface area contributed by atoms with E-state index in [-0.39, 0.29) is 11.7 Å². The van der Waals surface area contributed by atoms with Crippen LogP contribution >= 0.6 is 12.2 Å². The first-order valence-electron chi connectivity index (χ1n) is 5.19. The lowest BCUT2D eigenvalue weighted by atomic mass is 10.0. The van der Waals surface area contributed by atoms with Gasteiger partial charge in [-0.3, -0.25) is 0 Å². The first-order chi connectivity index (χ1) is 7.50. The number of nitrogens with one attached hydrogen (secondary N) is 1. The summed E-state index contributed by atoms with van der Waals surface area (Å²) < 4.78 is 14.4. The number of nitrogens with zero attached hydrogens (tertiary/aromatic N) is 1. The molecule has 0 bridgehead atoms. The van der Waals surface area contributed by atoms with Gasteiger partial charge in [-0.15, -0.1) is 0 Å². The smallest absolute Gasteiger partial charge is 0.141 e. The van der Waals surface area contributed by atoms with E-state index in [4.69, 9.17) is 12.2 Å². The highest BCUT2D eigenvalue weighted by molar-refractivity contribution is 7.71. The normalized spacial score (nSPS) is 11.3. The topological polar surface area (TPSA) is 28.7 Å². The Labute approximate surface area is 98.9 Å². The molecule has 4 heteroatoms. The van der Waals surface area contributed by atoms with Crippen LogP contribution in [0.25, 0.3) is 11.4 Å². The maximum Gasteiger partial charge on any atom is 0.141 e. The number of rotatable bonds is 1. The molecule has 2 nitrogen and oxygen atoms in total. The molecular formula is C12H13FN2S. The number of aromatic amines is 1. The molecule has 1 N–H and O–H groups in total. The molecule has 16 heavy (non-hydrogen) atoms. The van der Waals surface area contributed by atoms with Crippen LogP contribution in [0.4, 0.5) is 4.39 Å². The van der Waals surface area contributed by atoms with Gasteiger partial charge in [0.05, 0.1) is 5.56 Å². The van der Waals surface area contributed by atoms with Crippen molar-refractivity contribution in [2.45, 2.75) is 26.7 Å². The van der Waals surface area contributed by atoms with Crippen LogP contribution in [0.15, 0.2) is 12.3 Å². The van der Waals surface area contributed by atoms with Gasteiger partial charge in [0.2, 0.25) is 0 Å². The van der Waals surface area contributed by atoms with Crippen LogP contribution in [0.3, 0.4) is 0 Å². The number of halogens is 1. The SMILES string of the molecule is Cc1c[nH]c2nc(=S)c(C(C)C)cc-2c1F. The molecule has 2 heterocycles. The summed E-state index contributed by atoms with van der Waals surface area (Å²) in [6.07, 6.45) is 1.61. The summed E-state index contributed by atoms with van der Waals surface area (Å²) in [7, 11) is 0. The lowest BCUT2D eigenvalue weighted by molar-refractivity contribution is 0.617. The maximum atomic E-state index is 13.9. The molecule has 2 aliphatic heterocycles. The number of aryl methyl sites for hydroxylation is 1. The van der Waals surface area contributed by atoms with Crippen LogP contribution in [0.5, 0.6) is 0 Å². The minimum Gasteiger partial charge on any atom is -0.346 e. The zero-order valence-electron chi connectivity index (χ0n) is 9.47. The summed E-state index contributed by atoms with van der Waals surface area (Å²) in [6, 6.07) is 1.80. The highest BCUT2D eigenvalue weighted by atomic mass is 32.1. The van der Waals surface area contributed by atoms with Crippen LogP contribution in [0.1, 0.15) is 30.9 Å². The average Bonchev–Trinajstić information content (AvgIpc) is 2.23. The van der Waals surface area contributed by atoms with Gasteiger partial charge in [-0.05, 0) is 24.5 Å². The Morgan fingerprint density at radius 3 is 2.75 bits per heavy atom. The van der Waals surface area contributed by atoms with Crippen molar-refractivity contribution in [2.75, 3.05) is 0 Å². The lowest BCUT2D eigenvalue weighted by Gasteiger charge is -2.12. The van der Waals surface area contributed by atoms with Crippen LogP contribution in [0, 0.1) is 17.4 Å². The zero-order chi connectivity index (χ0) is 11.9.